The van der Waals surface area contributed by atoms with E-state index in [1.54, 1.807) is 0 Å². The van der Waals surface area contributed by atoms with E-state index in [2.05, 4.69) is 10.1 Å². The van der Waals surface area contributed by atoms with Crippen LogP contribution in [0.1, 0.15) is 0 Å². The molecule has 0 aliphatic rings. The molecule has 10 heteroatoms. The standard InChI is InChI=1S/C16H9ClF3N3O3/c17-8-1-3-10(11(19)5-8)15-21-16(26-7-14(24)25)22-23(15)13-4-2-9(18)6-12(13)20/h1-6H,7H2,(H,24,25). The first-order chi connectivity index (χ1) is 12.3. The van der Waals surface area contributed by atoms with Crippen LogP contribution in [0.3, 0.4) is 0 Å². The zero-order chi connectivity index (χ0) is 18.8. The van der Waals surface area contributed by atoms with Gasteiger partial charge in [0.05, 0.1) is 5.56 Å². The molecule has 1 heterocycles. The van der Waals surface area contributed by atoms with Crippen molar-refractivity contribution in [3.63, 3.8) is 0 Å². The van der Waals surface area contributed by atoms with Crippen LogP contribution in [0.4, 0.5) is 13.2 Å². The summed E-state index contributed by atoms with van der Waals surface area (Å²) in [6.45, 7) is -0.752. The maximum Gasteiger partial charge on any atom is 0.341 e. The van der Waals surface area contributed by atoms with Gasteiger partial charge in [0, 0.05) is 11.1 Å². The number of carbonyl (C=O) groups is 1. The van der Waals surface area contributed by atoms with Gasteiger partial charge in [-0.3, -0.25) is 0 Å². The minimum absolute atomic E-state index is 0.0872. The number of rotatable bonds is 5. The number of aliphatic carboxylic acids is 1. The molecule has 26 heavy (non-hydrogen) atoms. The highest BCUT2D eigenvalue weighted by atomic mass is 35.5. The third-order valence-electron chi connectivity index (χ3n) is 3.22. The zero-order valence-corrected chi connectivity index (χ0v) is 13.5. The Morgan fingerprint density at radius 3 is 2.58 bits per heavy atom. The minimum Gasteiger partial charge on any atom is -0.479 e. The molecule has 0 aliphatic heterocycles. The Morgan fingerprint density at radius 2 is 1.92 bits per heavy atom. The van der Waals surface area contributed by atoms with E-state index in [1.165, 1.54) is 12.1 Å². The van der Waals surface area contributed by atoms with E-state index < -0.39 is 36.0 Å². The summed E-state index contributed by atoms with van der Waals surface area (Å²) in [5, 5.41) is 12.6. The molecular formula is C16H9ClF3N3O3. The van der Waals surface area contributed by atoms with E-state index in [0.717, 1.165) is 22.9 Å². The molecule has 0 aliphatic carbocycles. The Balaban J connectivity index is 2.16. The fourth-order valence-corrected chi connectivity index (χ4v) is 2.31. The van der Waals surface area contributed by atoms with Crippen molar-refractivity contribution < 1.29 is 27.8 Å². The average Bonchev–Trinajstić information content (AvgIpc) is 2.96. The summed E-state index contributed by atoms with van der Waals surface area (Å²) in [5.41, 5.74) is -0.316. The Bertz CT molecular complexity index is 925. The van der Waals surface area contributed by atoms with Crippen molar-refractivity contribution in [2.45, 2.75) is 0 Å². The molecule has 0 fully saturated rings. The number of aromatic nitrogens is 3. The van der Waals surface area contributed by atoms with Crippen LogP contribution in [0.25, 0.3) is 17.1 Å². The molecule has 1 N–H and O–H groups in total. The van der Waals surface area contributed by atoms with Crippen LogP contribution < -0.4 is 4.74 Å². The smallest absolute Gasteiger partial charge is 0.341 e. The first-order valence-corrected chi connectivity index (χ1v) is 7.45. The van der Waals surface area contributed by atoms with Gasteiger partial charge < -0.3 is 9.84 Å². The number of carboxylic acid groups (broad SMARTS) is 1. The molecule has 1 aromatic heterocycles. The van der Waals surface area contributed by atoms with Gasteiger partial charge in [0.1, 0.15) is 17.3 Å². The summed E-state index contributed by atoms with van der Waals surface area (Å²) in [6.07, 6.45) is 0. The lowest BCUT2D eigenvalue weighted by molar-refractivity contribution is -0.139. The molecule has 6 nitrogen and oxygen atoms in total. The lowest BCUT2D eigenvalue weighted by atomic mass is 10.2. The molecular weight excluding hydrogens is 375 g/mol. The second kappa shape index (κ2) is 7.04. The number of carboxylic acids is 1. The van der Waals surface area contributed by atoms with Gasteiger partial charge in [0.15, 0.2) is 18.2 Å². The monoisotopic (exact) mass is 383 g/mol. The first-order valence-electron chi connectivity index (χ1n) is 7.07. The fourth-order valence-electron chi connectivity index (χ4n) is 2.15. The summed E-state index contributed by atoms with van der Waals surface area (Å²) < 4.78 is 47.3. The van der Waals surface area contributed by atoms with Crippen molar-refractivity contribution in [2.75, 3.05) is 6.61 Å². The Morgan fingerprint density at radius 1 is 1.15 bits per heavy atom. The van der Waals surface area contributed by atoms with Gasteiger partial charge in [-0.05, 0) is 30.3 Å². The molecule has 0 atom stereocenters. The number of benzene rings is 2. The van der Waals surface area contributed by atoms with Crippen LogP contribution in [-0.2, 0) is 4.79 Å². The van der Waals surface area contributed by atoms with E-state index in [-0.39, 0.29) is 22.1 Å². The van der Waals surface area contributed by atoms with Crippen molar-refractivity contribution in [1.29, 1.82) is 0 Å². The maximum absolute atomic E-state index is 14.3. The van der Waals surface area contributed by atoms with Gasteiger partial charge >= 0.3 is 12.0 Å². The van der Waals surface area contributed by atoms with Gasteiger partial charge in [-0.1, -0.05) is 11.6 Å². The lowest BCUT2D eigenvalue weighted by Crippen LogP contribution is -2.10. The number of hydrogen-bond acceptors (Lipinski definition) is 4. The topological polar surface area (TPSA) is 77.2 Å². The second-order valence-electron chi connectivity index (χ2n) is 5.03. The van der Waals surface area contributed by atoms with Gasteiger partial charge in [-0.2, -0.15) is 4.98 Å². The summed E-state index contributed by atoms with van der Waals surface area (Å²) in [5.74, 6) is -4.01. The van der Waals surface area contributed by atoms with E-state index in [1.807, 2.05) is 0 Å². The number of hydrogen-bond donors (Lipinski definition) is 1. The summed E-state index contributed by atoms with van der Waals surface area (Å²) >= 11 is 5.72. The maximum atomic E-state index is 14.3. The van der Waals surface area contributed by atoms with Crippen LogP contribution >= 0.6 is 11.6 Å². The number of halogens is 4. The molecule has 134 valence electrons. The summed E-state index contributed by atoms with van der Waals surface area (Å²) in [4.78, 5) is 14.5. The third-order valence-corrected chi connectivity index (χ3v) is 3.46. The molecule has 3 rings (SSSR count). The molecule has 0 spiro atoms. The average molecular weight is 384 g/mol. The molecule has 2 aromatic carbocycles. The van der Waals surface area contributed by atoms with Crippen LogP contribution in [-0.4, -0.2) is 32.4 Å². The second-order valence-corrected chi connectivity index (χ2v) is 5.47. The SMILES string of the molecule is O=C(O)COc1nc(-c2ccc(Cl)cc2F)n(-c2ccc(F)cc2F)n1. The van der Waals surface area contributed by atoms with E-state index in [4.69, 9.17) is 21.4 Å². The van der Waals surface area contributed by atoms with E-state index in [9.17, 15) is 18.0 Å². The Hall–Kier alpha value is -3.07. The van der Waals surface area contributed by atoms with Gasteiger partial charge in [0.25, 0.3) is 0 Å². The van der Waals surface area contributed by atoms with Crippen molar-refractivity contribution in [1.82, 2.24) is 14.8 Å². The summed E-state index contributed by atoms with van der Waals surface area (Å²) in [6, 6.07) is 5.97. The van der Waals surface area contributed by atoms with Crippen LogP contribution in [0, 0.1) is 17.5 Å². The number of ether oxygens (including phenoxy) is 1. The fraction of sp³-hybridized carbons (Fsp3) is 0.0625. The van der Waals surface area contributed by atoms with Crippen molar-refractivity contribution in [3.8, 4) is 23.1 Å². The van der Waals surface area contributed by atoms with Crippen LogP contribution in [0.15, 0.2) is 36.4 Å². The van der Waals surface area contributed by atoms with Crippen molar-refractivity contribution in [3.05, 3.63) is 58.9 Å². The van der Waals surface area contributed by atoms with Gasteiger partial charge in [-0.15, -0.1) is 5.10 Å². The number of nitrogens with zero attached hydrogens (tertiary/aromatic N) is 3. The van der Waals surface area contributed by atoms with Crippen molar-refractivity contribution in [2.24, 2.45) is 0 Å². The minimum atomic E-state index is -1.28. The predicted octanol–water partition coefficient (Wildman–Crippen LogP) is 3.47. The Kier molecular flexibility index (Phi) is 4.81. The van der Waals surface area contributed by atoms with E-state index in [0.29, 0.717) is 6.07 Å². The Labute approximate surface area is 149 Å². The normalized spacial score (nSPS) is 10.8. The highest BCUT2D eigenvalue weighted by molar-refractivity contribution is 6.30. The summed E-state index contributed by atoms with van der Waals surface area (Å²) in [7, 11) is 0. The first kappa shape index (κ1) is 17.7. The molecule has 0 radical (unpaired) electrons. The molecule has 0 unspecified atom stereocenters. The molecule has 0 saturated heterocycles. The molecule has 3 aromatic rings. The largest absolute Gasteiger partial charge is 0.479 e. The third kappa shape index (κ3) is 3.62. The highest BCUT2D eigenvalue weighted by Crippen LogP contribution is 2.28. The lowest BCUT2D eigenvalue weighted by Gasteiger charge is -2.08. The zero-order valence-electron chi connectivity index (χ0n) is 12.8. The molecule has 0 bridgehead atoms. The van der Waals surface area contributed by atoms with Crippen molar-refractivity contribution >= 4 is 17.6 Å². The molecule has 0 saturated carbocycles. The van der Waals surface area contributed by atoms with Crippen LogP contribution in [0.2, 0.25) is 5.02 Å². The quantitative estimate of drug-likeness (QED) is 0.730. The highest BCUT2D eigenvalue weighted by Gasteiger charge is 2.20. The van der Waals surface area contributed by atoms with Crippen LogP contribution in [0.5, 0.6) is 6.01 Å². The van der Waals surface area contributed by atoms with Gasteiger partial charge in [0.2, 0.25) is 0 Å². The molecule has 0 amide bonds. The van der Waals surface area contributed by atoms with E-state index >= 15 is 0 Å². The van der Waals surface area contributed by atoms with Gasteiger partial charge in [-0.25, -0.2) is 22.6 Å². The predicted molar refractivity (Wildman–Crippen MR) is 84.8 cm³/mol.